The Kier molecular flexibility index (Phi) is 3.20. The van der Waals surface area contributed by atoms with Crippen LogP contribution < -0.4 is 10.2 Å². The van der Waals surface area contributed by atoms with E-state index in [0.717, 1.165) is 18.2 Å². The summed E-state index contributed by atoms with van der Waals surface area (Å²) >= 11 is 1.55. The summed E-state index contributed by atoms with van der Waals surface area (Å²) in [4.78, 5) is 17.9. The first kappa shape index (κ1) is 10.4. The first-order chi connectivity index (χ1) is 7.31. The molecule has 0 aromatic carbocycles. The maximum atomic E-state index is 11.3. The number of carbonyl (C=O) groups excluding carboxylic acids is 1. The predicted octanol–water partition coefficient (Wildman–Crippen LogP) is 1.49. The summed E-state index contributed by atoms with van der Waals surface area (Å²) in [5.74, 6) is -0.102. The summed E-state index contributed by atoms with van der Waals surface area (Å²) in [7, 11) is 1.63. The van der Waals surface area contributed by atoms with Gasteiger partial charge in [-0.15, -0.1) is 11.3 Å². The van der Waals surface area contributed by atoms with Gasteiger partial charge in [-0.05, 0) is 19.3 Å². The smallest absolute Gasteiger partial charge is 0.270 e. The zero-order valence-corrected chi connectivity index (χ0v) is 9.64. The van der Waals surface area contributed by atoms with Crippen LogP contribution in [0.25, 0.3) is 0 Å². The van der Waals surface area contributed by atoms with Crippen LogP contribution in [0.4, 0.5) is 5.13 Å². The average molecular weight is 225 g/mol. The molecule has 1 amide bonds. The van der Waals surface area contributed by atoms with Gasteiger partial charge in [0.05, 0.1) is 0 Å². The Bertz CT molecular complexity index is 344. The van der Waals surface area contributed by atoms with Crippen LogP contribution in [0.5, 0.6) is 0 Å². The normalized spacial score (nSPS) is 16.5. The minimum absolute atomic E-state index is 0.102. The van der Waals surface area contributed by atoms with Crippen molar-refractivity contribution in [1.29, 1.82) is 0 Å². The summed E-state index contributed by atoms with van der Waals surface area (Å²) in [5.41, 5.74) is 0.531. The number of nitrogens with one attached hydrogen (secondary N) is 1. The van der Waals surface area contributed by atoms with Gasteiger partial charge in [0, 0.05) is 25.5 Å². The molecule has 0 spiro atoms. The molecule has 15 heavy (non-hydrogen) atoms. The van der Waals surface area contributed by atoms with Crippen LogP contribution in [0.3, 0.4) is 0 Å². The molecule has 1 aliphatic rings. The molecule has 0 radical (unpaired) electrons. The molecule has 2 heterocycles. The topological polar surface area (TPSA) is 45.2 Å². The summed E-state index contributed by atoms with van der Waals surface area (Å²) in [6, 6.07) is 0. The Hall–Kier alpha value is -1.10. The molecule has 1 fully saturated rings. The summed E-state index contributed by atoms with van der Waals surface area (Å²) in [5, 5.41) is 5.39. The second-order valence-electron chi connectivity index (χ2n) is 3.64. The molecule has 4 nitrogen and oxygen atoms in total. The quantitative estimate of drug-likeness (QED) is 0.829. The standard InChI is InChI=1S/C10H15N3OS/c1-11-9(14)8-7-15-10(12-8)13-5-3-2-4-6-13/h7H,2-6H2,1H3,(H,11,14). The minimum atomic E-state index is -0.102. The number of amides is 1. The highest BCUT2D eigenvalue weighted by atomic mass is 32.1. The van der Waals surface area contributed by atoms with E-state index in [1.165, 1.54) is 19.3 Å². The number of thiazole rings is 1. The van der Waals surface area contributed by atoms with E-state index in [1.807, 2.05) is 5.38 Å². The van der Waals surface area contributed by atoms with Crippen LogP contribution >= 0.6 is 11.3 Å². The van der Waals surface area contributed by atoms with Crippen LogP contribution in [-0.4, -0.2) is 31.0 Å². The van der Waals surface area contributed by atoms with Crippen LogP contribution in [0.15, 0.2) is 5.38 Å². The van der Waals surface area contributed by atoms with Gasteiger partial charge < -0.3 is 10.2 Å². The van der Waals surface area contributed by atoms with E-state index in [4.69, 9.17) is 0 Å². The SMILES string of the molecule is CNC(=O)c1csc(N2CCCCC2)n1. The first-order valence-corrected chi connectivity index (χ1v) is 6.12. The summed E-state index contributed by atoms with van der Waals surface area (Å²) < 4.78 is 0. The minimum Gasteiger partial charge on any atom is -0.354 e. The summed E-state index contributed by atoms with van der Waals surface area (Å²) in [6.45, 7) is 2.14. The molecule has 0 atom stereocenters. The molecule has 1 aromatic rings. The Morgan fingerprint density at radius 1 is 1.47 bits per heavy atom. The monoisotopic (exact) mass is 225 g/mol. The lowest BCUT2D eigenvalue weighted by atomic mass is 10.1. The Morgan fingerprint density at radius 3 is 2.87 bits per heavy atom. The highest BCUT2D eigenvalue weighted by Crippen LogP contribution is 2.23. The van der Waals surface area contributed by atoms with E-state index in [9.17, 15) is 4.79 Å². The summed E-state index contributed by atoms with van der Waals surface area (Å²) in [6.07, 6.45) is 3.77. The second kappa shape index (κ2) is 4.61. The second-order valence-corrected chi connectivity index (χ2v) is 4.48. The molecule has 1 N–H and O–H groups in total. The average Bonchev–Trinajstić information content (AvgIpc) is 2.78. The highest BCUT2D eigenvalue weighted by Gasteiger charge is 2.16. The number of rotatable bonds is 2. The number of nitrogens with zero attached hydrogens (tertiary/aromatic N) is 2. The maximum Gasteiger partial charge on any atom is 0.270 e. The number of hydrogen-bond donors (Lipinski definition) is 1. The van der Waals surface area contributed by atoms with E-state index in [2.05, 4.69) is 15.2 Å². The van der Waals surface area contributed by atoms with E-state index in [-0.39, 0.29) is 5.91 Å². The van der Waals surface area contributed by atoms with E-state index in [0.29, 0.717) is 5.69 Å². The third-order valence-electron chi connectivity index (χ3n) is 2.58. The van der Waals surface area contributed by atoms with Gasteiger partial charge in [0.1, 0.15) is 5.69 Å². The number of carbonyl (C=O) groups is 1. The molecule has 0 aliphatic carbocycles. The third-order valence-corrected chi connectivity index (χ3v) is 3.48. The van der Waals surface area contributed by atoms with Crippen molar-refractivity contribution in [3.05, 3.63) is 11.1 Å². The maximum absolute atomic E-state index is 11.3. The fourth-order valence-electron chi connectivity index (χ4n) is 1.73. The number of piperidine rings is 1. The van der Waals surface area contributed by atoms with E-state index >= 15 is 0 Å². The van der Waals surface area contributed by atoms with Gasteiger partial charge in [-0.1, -0.05) is 0 Å². The van der Waals surface area contributed by atoms with Gasteiger partial charge in [0.25, 0.3) is 5.91 Å². The molecular formula is C10H15N3OS. The zero-order chi connectivity index (χ0) is 10.7. The number of aromatic nitrogens is 1. The molecule has 82 valence electrons. The molecule has 2 rings (SSSR count). The van der Waals surface area contributed by atoms with Gasteiger partial charge in [0.2, 0.25) is 0 Å². The van der Waals surface area contributed by atoms with Crippen LogP contribution in [0.1, 0.15) is 29.8 Å². The van der Waals surface area contributed by atoms with Crippen LogP contribution in [0.2, 0.25) is 0 Å². The largest absolute Gasteiger partial charge is 0.354 e. The van der Waals surface area contributed by atoms with Gasteiger partial charge in [-0.3, -0.25) is 4.79 Å². The van der Waals surface area contributed by atoms with Gasteiger partial charge in [0.15, 0.2) is 5.13 Å². The van der Waals surface area contributed by atoms with Crippen molar-refractivity contribution in [1.82, 2.24) is 10.3 Å². The van der Waals surface area contributed by atoms with Crippen molar-refractivity contribution in [2.75, 3.05) is 25.0 Å². The molecule has 1 aromatic heterocycles. The lowest BCUT2D eigenvalue weighted by Gasteiger charge is -2.25. The van der Waals surface area contributed by atoms with Crippen molar-refractivity contribution < 1.29 is 4.79 Å². The Morgan fingerprint density at radius 2 is 2.20 bits per heavy atom. The van der Waals surface area contributed by atoms with Gasteiger partial charge in [-0.25, -0.2) is 4.98 Å². The fraction of sp³-hybridized carbons (Fsp3) is 0.600. The zero-order valence-electron chi connectivity index (χ0n) is 8.82. The van der Waals surface area contributed by atoms with Gasteiger partial charge >= 0.3 is 0 Å². The Labute approximate surface area is 93.3 Å². The van der Waals surface area contributed by atoms with Crippen molar-refractivity contribution in [2.24, 2.45) is 0 Å². The lowest BCUT2D eigenvalue weighted by Crippen LogP contribution is -2.29. The molecule has 5 heteroatoms. The van der Waals surface area contributed by atoms with E-state index < -0.39 is 0 Å². The van der Waals surface area contributed by atoms with Crippen molar-refractivity contribution >= 4 is 22.4 Å². The van der Waals surface area contributed by atoms with Crippen LogP contribution in [-0.2, 0) is 0 Å². The third kappa shape index (κ3) is 2.28. The van der Waals surface area contributed by atoms with Crippen LogP contribution in [0, 0.1) is 0 Å². The molecule has 0 unspecified atom stereocenters. The Balaban J connectivity index is 2.08. The molecule has 1 saturated heterocycles. The molecule has 0 saturated carbocycles. The van der Waals surface area contributed by atoms with E-state index in [1.54, 1.807) is 18.4 Å². The molecule has 0 bridgehead atoms. The molecular weight excluding hydrogens is 210 g/mol. The van der Waals surface area contributed by atoms with Crippen molar-refractivity contribution in [3.63, 3.8) is 0 Å². The number of anilines is 1. The first-order valence-electron chi connectivity index (χ1n) is 5.24. The predicted molar refractivity (Wildman–Crippen MR) is 61.6 cm³/mol. The van der Waals surface area contributed by atoms with Crippen molar-refractivity contribution in [3.8, 4) is 0 Å². The lowest BCUT2D eigenvalue weighted by molar-refractivity contribution is 0.0959. The highest BCUT2D eigenvalue weighted by molar-refractivity contribution is 7.13. The fourth-order valence-corrected chi connectivity index (χ4v) is 2.59. The number of hydrogen-bond acceptors (Lipinski definition) is 4. The van der Waals surface area contributed by atoms with Crippen molar-refractivity contribution in [2.45, 2.75) is 19.3 Å². The van der Waals surface area contributed by atoms with Gasteiger partial charge in [-0.2, -0.15) is 0 Å². The molecule has 1 aliphatic heterocycles.